The molecule has 0 saturated carbocycles. The van der Waals surface area contributed by atoms with Crippen molar-refractivity contribution in [2.75, 3.05) is 0 Å². The molecule has 0 aromatic carbocycles. The van der Waals surface area contributed by atoms with Crippen LogP contribution < -0.4 is 5.73 Å². The highest BCUT2D eigenvalue weighted by Gasteiger charge is 2.32. The molecule has 0 fully saturated rings. The maximum atomic E-state index is 12.4. The Morgan fingerprint density at radius 1 is 1.39 bits per heavy atom. The smallest absolute Gasteiger partial charge is 0.384 e. The molecule has 2 aromatic rings. The second kappa shape index (κ2) is 4.09. The third-order valence-corrected chi connectivity index (χ3v) is 2.12. The Kier molecular flexibility index (Phi) is 2.73. The van der Waals surface area contributed by atoms with Gasteiger partial charge in [-0.3, -0.25) is 5.41 Å². The standard InChI is InChI=1S/C9H7F3N6/c10-9(11,12)5-3-16-18(4-5)8-6(7(13)14)1-2-15-17-8/h1-4H,(H3,13,14). The Balaban J connectivity index is 2.50. The van der Waals surface area contributed by atoms with Gasteiger partial charge in [-0.1, -0.05) is 0 Å². The molecular formula is C9H7F3N6. The van der Waals surface area contributed by atoms with Crippen molar-refractivity contribution in [3.8, 4) is 5.82 Å². The molecule has 9 heteroatoms. The van der Waals surface area contributed by atoms with Gasteiger partial charge in [0, 0.05) is 6.20 Å². The minimum atomic E-state index is -4.49. The molecule has 2 heterocycles. The van der Waals surface area contributed by atoms with Gasteiger partial charge >= 0.3 is 6.18 Å². The number of hydrogen-bond acceptors (Lipinski definition) is 4. The molecule has 0 amide bonds. The van der Waals surface area contributed by atoms with E-state index in [0.29, 0.717) is 6.20 Å². The first-order valence-electron chi connectivity index (χ1n) is 4.68. The minimum absolute atomic E-state index is 0.0273. The third-order valence-electron chi connectivity index (χ3n) is 2.12. The summed E-state index contributed by atoms with van der Waals surface area (Å²) in [5.41, 5.74) is 4.54. The molecule has 3 N–H and O–H groups in total. The summed E-state index contributed by atoms with van der Waals surface area (Å²) in [6.45, 7) is 0. The maximum absolute atomic E-state index is 12.4. The highest BCUT2D eigenvalue weighted by atomic mass is 19.4. The molecular weight excluding hydrogens is 249 g/mol. The van der Waals surface area contributed by atoms with Crippen molar-refractivity contribution in [3.63, 3.8) is 0 Å². The van der Waals surface area contributed by atoms with Crippen LogP contribution in [0.3, 0.4) is 0 Å². The molecule has 0 radical (unpaired) electrons. The summed E-state index contributed by atoms with van der Waals surface area (Å²) >= 11 is 0. The van der Waals surface area contributed by atoms with Gasteiger partial charge in [0.05, 0.1) is 23.5 Å². The molecule has 0 spiro atoms. The number of nitrogens with one attached hydrogen (secondary N) is 1. The van der Waals surface area contributed by atoms with Crippen LogP contribution in [0.15, 0.2) is 24.7 Å². The van der Waals surface area contributed by atoms with E-state index in [0.717, 1.165) is 10.9 Å². The quantitative estimate of drug-likeness (QED) is 0.618. The Bertz CT molecular complexity index is 588. The molecule has 18 heavy (non-hydrogen) atoms. The SMILES string of the molecule is N=C(N)c1ccnnc1-n1cc(C(F)(F)F)cn1. The van der Waals surface area contributed by atoms with Crippen molar-refractivity contribution in [1.29, 1.82) is 5.41 Å². The second-order valence-electron chi connectivity index (χ2n) is 3.35. The van der Waals surface area contributed by atoms with Crippen LogP contribution in [-0.4, -0.2) is 25.8 Å². The monoisotopic (exact) mass is 256 g/mol. The lowest BCUT2D eigenvalue weighted by Crippen LogP contribution is -2.16. The van der Waals surface area contributed by atoms with Crippen molar-refractivity contribution >= 4 is 5.84 Å². The topological polar surface area (TPSA) is 93.5 Å². The van der Waals surface area contributed by atoms with Crippen LogP contribution in [-0.2, 0) is 6.18 Å². The van der Waals surface area contributed by atoms with Gasteiger partial charge in [0.25, 0.3) is 0 Å². The maximum Gasteiger partial charge on any atom is 0.419 e. The van der Waals surface area contributed by atoms with Gasteiger partial charge in [-0.15, -0.1) is 5.10 Å². The molecule has 0 unspecified atom stereocenters. The van der Waals surface area contributed by atoms with Crippen LogP contribution >= 0.6 is 0 Å². The van der Waals surface area contributed by atoms with Gasteiger partial charge in [0.2, 0.25) is 0 Å². The molecule has 2 rings (SSSR count). The van der Waals surface area contributed by atoms with Gasteiger partial charge in [0.15, 0.2) is 5.82 Å². The number of rotatable bonds is 2. The molecule has 0 aliphatic heterocycles. The highest BCUT2D eigenvalue weighted by Crippen LogP contribution is 2.29. The lowest BCUT2D eigenvalue weighted by atomic mass is 10.2. The summed E-state index contributed by atoms with van der Waals surface area (Å²) in [7, 11) is 0. The van der Waals surface area contributed by atoms with Crippen LogP contribution in [0.4, 0.5) is 13.2 Å². The van der Waals surface area contributed by atoms with Crippen molar-refractivity contribution in [1.82, 2.24) is 20.0 Å². The average molecular weight is 256 g/mol. The van der Waals surface area contributed by atoms with Crippen LogP contribution in [0.5, 0.6) is 0 Å². The predicted octanol–water partition coefficient (Wildman–Crippen LogP) is 0.965. The first-order valence-corrected chi connectivity index (χ1v) is 4.68. The zero-order valence-electron chi connectivity index (χ0n) is 8.81. The number of nitrogen functional groups attached to an aromatic ring is 1. The summed E-state index contributed by atoms with van der Waals surface area (Å²) < 4.78 is 38.1. The molecule has 0 aliphatic rings. The number of aromatic nitrogens is 4. The van der Waals surface area contributed by atoms with E-state index in [1.807, 2.05) is 0 Å². The number of nitrogens with two attached hydrogens (primary N) is 1. The molecule has 94 valence electrons. The summed E-state index contributed by atoms with van der Waals surface area (Å²) in [4.78, 5) is 0. The highest BCUT2D eigenvalue weighted by molar-refractivity contribution is 5.97. The Morgan fingerprint density at radius 2 is 2.11 bits per heavy atom. The van der Waals surface area contributed by atoms with Crippen LogP contribution in [0, 0.1) is 5.41 Å². The molecule has 6 nitrogen and oxygen atoms in total. The summed E-state index contributed by atoms with van der Waals surface area (Å²) in [6, 6.07) is 1.37. The minimum Gasteiger partial charge on any atom is -0.384 e. The Morgan fingerprint density at radius 3 is 2.67 bits per heavy atom. The van der Waals surface area contributed by atoms with E-state index in [1.54, 1.807) is 0 Å². The zero-order valence-corrected chi connectivity index (χ0v) is 8.81. The van der Waals surface area contributed by atoms with Crippen molar-refractivity contribution < 1.29 is 13.2 Å². The fraction of sp³-hybridized carbons (Fsp3) is 0.111. The third kappa shape index (κ3) is 2.14. The molecule has 0 saturated heterocycles. The molecule has 0 atom stereocenters. The van der Waals surface area contributed by atoms with Gasteiger partial charge < -0.3 is 5.73 Å². The first-order chi connectivity index (χ1) is 8.39. The van der Waals surface area contributed by atoms with Gasteiger partial charge in [-0.25, -0.2) is 4.68 Å². The summed E-state index contributed by atoms with van der Waals surface area (Å²) in [5, 5.41) is 18.0. The fourth-order valence-electron chi connectivity index (χ4n) is 1.29. The van der Waals surface area contributed by atoms with E-state index in [-0.39, 0.29) is 17.2 Å². The van der Waals surface area contributed by atoms with Crippen LogP contribution in [0.1, 0.15) is 11.1 Å². The normalized spacial score (nSPS) is 11.5. The largest absolute Gasteiger partial charge is 0.419 e. The number of alkyl halides is 3. The fourth-order valence-corrected chi connectivity index (χ4v) is 1.29. The van der Waals surface area contributed by atoms with Gasteiger partial charge in [-0.2, -0.15) is 23.4 Å². The average Bonchev–Trinajstić information content (AvgIpc) is 2.77. The van der Waals surface area contributed by atoms with E-state index < -0.39 is 11.7 Å². The van der Waals surface area contributed by atoms with Crippen molar-refractivity contribution in [2.45, 2.75) is 6.18 Å². The van der Waals surface area contributed by atoms with Crippen molar-refractivity contribution in [3.05, 3.63) is 35.8 Å². The summed E-state index contributed by atoms with van der Waals surface area (Å²) in [5.74, 6) is -0.357. The summed E-state index contributed by atoms with van der Waals surface area (Å²) in [6.07, 6.45) is -1.78. The van der Waals surface area contributed by atoms with E-state index in [1.165, 1.54) is 12.3 Å². The van der Waals surface area contributed by atoms with Crippen molar-refractivity contribution in [2.24, 2.45) is 5.73 Å². The number of halogens is 3. The van der Waals surface area contributed by atoms with E-state index in [2.05, 4.69) is 15.3 Å². The zero-order chi connectivity index (χ0) is 13.3. The number of hydrogen-bond donors (Lipinski definition) is 2. The molecule has 0 bridgehead atoms. The van der Waals surface area contributed by atoms with E-state index in [9.17, 15) is 13.2 Å². The lowest BCUT2D eigenvalue weighted by molar-refractivity contribution is -0.137. The molecule has 0 aliphatic carbocycles. The molecule has 2 aromatic heterocycles. The predicted molar refractivity (Wildman–Crippen MR) is 55.2 cm³/mol. The van der Waals surface area contributed by atoms with Crippen LogP contribution in [0.2, 0.25) is 0 Å². The number of nitrogens with zero attached hydrogens (tertiary/aromatic N) is 4. The van der Waals surface area contributed by atoms with Crippen LogP contribution in [0.25, 0.3) is 5.82 Å². The number of amidine groups is 1. The van der Waals surface area contributed by atoms with Gasteiger partial charge in [0.1, 0.15) is 5.84 Å². The van der Waals surface area contributed by atoms with E-state index in [4.69, 9.17) is 11.1 Å². The Labute approximate surface area is 98.8 Å². The first kappa shape index (κ1) is 12.0. The lowest BCUT2D eigenvalue weighted by Gasteiger charge is -2.05. The van der Waals surface area contributed by atoms with E-state index >= 15 is 0 Å². The van der Waals surface area contributed by atoms with Gasteiger partial charge in [-0.05, 0) is 6.07 Å². The second-order valence-corrected chi connectivity index (χ2v) is 3.35. The Hall–Kier alpha value is -2.45.